The van der Waals surface area contributed by atoms with Crippen molar-refractivity contribution in [2.24, 2.45) is 5.41 Å². The lowest BCUT2D eigenvalue weighted by Gasteiger charge is -2.30. The molecule has 2 heteroatoms. The third-order valence-corrected chi connectivity index (χ3v) is 3.59. The molecule has 2 atom stereocenters. The van der Waals surface area contributed by atoms with Crippen LogP contribution in [0.2, 0.25) is 0 Å². The van der Waals surface area contributed by atoms with E-state index >= 15 is 0 Å². The van der Waals surface area contributed by atoms with Gasteiger partial charge in [0, 0.05) is 18.6 Å². The number of ether oxygens (including phenoxy) is 1. The Labute approximate surface area is 74.7 Å². The van der Waals surface area contributed by atoms with E-state index in [1.807, 2.05) is 0 Å². The second-order valence-electron chi connectivity index (χ2n) is 4.26. The maximum Gasteiger partial charge on any atom is 0.0616 e. The highest BCUT2D eigenvalue weighted by atomic mass is 16.5. The SMILES string of the molecule is CC1OCCC12CCCCNC2. The van der Waals surface area contributed by atoms with Crippen LogP contribution in [0.25, 0.3) is 0 Å². The van der Waals surface area contributed by atoms with Gasteiger partial charge in [0.25, 0.3) is 0 Å². The van der Waals surface area contributed by atoms with Crippen LogP contribution in [0.15, 0.2) is 0 Å². The molecule has 2 unspecified atom stereocenters. The van der Waals surface area contributed by atoms with Crippen LogP contribution in [-0.4, -0.2) is 25.8 Å². The van der Waals surface area contributed by atoms with E-state index < -0.39 is 0 Å². The predicted molar refractivity (Wildman–Crippen MR) is 49.2 cm³/mol. The van der Waals surface area contributed by atoms with Crippen molar-refractivity contribution in [1.82, 2.24) is 5.32 Å². The highest BCUT2D eigenvalue weighted by molar-refractivity contribution is 4.92. The Morgan fingerprint density at radius 3 is 3.00 bits per heavy atom. The number of nitrogens with one attached hydrogen (secondary N) is 1. The Kier molecular flexibility index (Phi) is 2.37. The summed E-state index contributed by atoms with van der Waals surface area (Å²) in [7, 11) is 0. The standard InChI is InChI=1S/C10H19NO/c1-9-10(5-7-12-9)4-2-3-6-11-8-10/h9,11H,2-8H2,1H3. The van der Waals surface area contributed by atoms with E-state index in [4.69, 9.17) is 4.74 Å². The van der Waals surface area contributed by atoms with Crippen molar-refractivity contribution in [1.29, 1.82) is 0 Å². The van der Waals surface area contributed by atoms with Crippen molar-refractivity contribution in [3.8, 4) is 0 Å². The summed E-state index contributed by atoms with van der Waals surface area (Å²) in [5.74, 6) is 0. The van der Waals surface area contributed by atoms with Crippen LogP contribution < -0.4 is 5.32 Å². The molecule has 2 rings (SSSR count). The van der Waals surface area contributed by atoms with E-state index in [0.717, 1.165) is 6.61 Å². The molecule has 70 valence electrons. The molecule has 2 aliphatic rings. The van der Waals surface area contributed by atoms with Gasteiger partial charge in [0.1, 0.15) is 0 Å². The van der Waals surface area contributed by atoms with E-state index in [1.165, 1.54) is 38.8 Å². The van der Waals surface area contributed by atoms with Crippen molar-refractivity contribution >= 4 is 0 Å². The fourth-order valence-corrected chi connectivity index (χ4v) is 2.53. The lowest BCUT2D eigenvalue weighted by molar-refractivity contribution is 0.0610. The van der Waals surface area contributed by atoms with Crippen LogP contribution in [0.1, 0.15) is 32.6 Å². The predicted octanol–water partition coefficient (Wildman–Crippen LogP) is 1.56. The maximum atomic E-state index is 5.66. The quantitative estimate of drug-likeness (QED) is 0.594. The molecule has 0 aromatic heterocycles. The first-order valence-electron chi connectivity index (χ1n) is 5.16. The molecule has 0 aliphatic carbocycles. The Morgan fingerprint density at radius 1 is 1.33 bits per heavy atom. The maximum absolute atomic E-state index is 5.66. The monoisotopic (exact) mass is 169 g/mol. The molecular formula is C10H19NO. The van der Waals surface area contributed by atoms with Gasteiger partial charge in [-0.3, -0.25) is 0 Å². The van der Waals surface area contributed by atoms with Gasteiger partial charge in [-0.1, -0.05) is 6.42 Å². The fourth-order valence-electron chi connectivity index (χ4n) is 2.53. The molecule has 2 fully saturated rings. The van der Waals surface area contributed by atoms with E-state index in [-0.39, 0.29) is 0 Å². The van der Waals surface area contributed by atoms with Crippen LogP contribution in [-0.2, 0) is 4.74 Å². The minimum absolute atomic E-state index is 0.475. The molecule has 1 N–H and O–H groups in total. The van der Waals surface area contributed by atoms with Crippen molar-refractivity contribution in [2.75, 3.05) is 19.7 Å². The van der Waals surface area contributed by atoms with Crippen molar-refractivity contribution < 1.29 is 4.74 Å². The lowest BCUT2D eigenvalue weighted by atomic mass is 9.78. The largest absolute Gasteiger partial charge is 0.378 e. The molecule has 12 heavy (non-hydrogen) atoms. The second kappa shape index (κ2) is 3.35. The molecule has 2 saturated heterocycles. The number of rotatable bonds is 0. The van der Waals surface area contributed by atoms with Gasteiger partial charge in [0.2, 0.25) is 0 Å². The van der Waals surface area contributed by atoms with Crippen LogP contribution in [0.3, 0.4) is 0 Å². The lowest BCUT2D eigenvalue weighted by Crippen LogP contribution is -2.37. The zero-order valence-electron chi connectivity index (χ0n) is 7.94. The number of hydrogen-bond acceptors (Lipinski definition) is 2. The Hall–Kier alpha value is -0.0800. The smallest absolute Gasteiger partial charge is 0.0616 e. The average Bonchev–Trinajstić information content (AvgIpc) is 2.33. The third-order valence-electron chi connectivity index (χ3n) is 3.59. The fraction of sp³-hybridized carbons (Fsp3) is 1.00. The first-order chi connectivity index (χ1) is 5.83. The molecule has 0 aromatic carbocycles. The molecule has 2 aliphatic heterocycles. The van der Waals surface area contributed by atoms with Crippen LogP contribution in [0.5, 0.6) is 0 Å². The van der Waals surface area contributed by atoms with Crippen molar-refractivity contribution in [2.45, 2.75) is 38.7 Å². The summed E-state index contributed by atoms with van der Waals surface area (Å²) in [6, 6.07) is 0. The molecule has 1 spiro atoms. The van der Waals surface area contributed by atoms with Gasteiger partial charge in [0.15, 0.2) is 0 Å². The molecule has 0 radical (unpaired) electrons. The zero-order chi connectivity index (χ0) is 8.44. The molecule has 2 nitrogen and oxygen atoms in total. The van der Waals surface area contributed by atoms with Gasteiger partial charge in [0.05, 0.1) is 6.10 Å². The van der Waals surface area contributed by atoms with Gasteiger partial charge < -0.3 is 10.1 Å². The number of hydrogen-bond donors (Lipinski definition) is 1. The van der Waals surface area contributed by atoms with E-state index in [1.54, 1.807) is 0 Å². The normalized spacial score (nSPS) is 43.2. The van der Waals surface area contributed by atoms with Gasteiger partial charge in [-0.05, 0) is 32.7 Å². The topological polar surface area (TPSA) is 21.3 Å². The summed E-state index contributed by atoms with van der Waals surface area (Å²) < 4.78 is 5.66. The molecule has 0 aromatic rings. The molecule has 0 saturated carbocycles. The minimum Gasteiger partial charge on any atom is -0.378 e. The van der Waals surface area contributed by atoms with Crippen LogP contribution in [0, 0.1) is 5.41 Å². The average molecular weight is 169 g/mol. The first kappa shape index (κ1) is 8.52. The Bertz CT molecular complexity index is 150. The zero-order valence-corrected chi connectivity index (χ0v) is 7.94. The van der Waals surface area contributed by atoms with Crippen LogP contribution in [0.4, 0.5) is 0 Å². The summed E-state index contributed by atoms with van der Waals surface area (Å²) in [6.45, 7) is 5.59. The van der Waals surface area contributed by atoms with Gasteiger partial charge >= 0.3 is 0 Å². The van der Waals surface area contributed by atoms with Gasteiger partial charge in [-0.25, -0.2) is 0 Å². The third kappa shape index (κ3) is 1.38. The first-order valence-corrected chi connectivity index (χ1v) is 5.16. The van der Waals surface area contributed by atoms with Crippen molar-refractivity contribution in [3.05, 3.63) is 0 Å². The highest BCUT2D eigenvalue weighted by Crippen LogP contribution is 2.39. The van der Waals surface area contributed by atoms with Gasteiger partial charge in [-0.2, -0.15) is 0 Å². The highest BCUT2D eigenvalue weighted by Gasteiger charge is 2.41. The minimum atomic E-state index is 0.475. The van der Waals surface area contributed by atoms with Crippen molar-refractivity contribution in [3.63, 3.8) is 0 Å². The van der Waals surface area contributed by atoms with Gasteiger partial charge in [-0.15, -0.1) is 0 Å². The molecule has 0 amide bonds. The Balaban J connectivity index is 2.05. The summed E-state index contributed by atoms with van der Waals surface area (Å²) in [6.07, 6.45) is 5.82. The summed E-state index contributed by atoms with van der Waals surface area (Å²) in [5, 5.41) is 3.53. The summed E-state index contributed by atoms with van der Waals surface area (Å²) >= 11 is 0. The van der Waals surface area contributed by atoms with E-state index in [2.05, 4.69) is 12.2 Å². The van der Waals surface area contributed by atoms with Crippen LogP contribution >= 0.6 is 0 Å². The summed E-state index contributed by atoms with van der Waals surface area (Å²) in [4.78, 5) is 0. The molecular weight excluding hydrogens is 150 g/mol. The van der Waals surface area contributed by atoms with E-state index in [0.29, 0.717) is 11.5 Å². The summed E-state index contributed by atoms with van der Waals surface area (Å²) in [5.41, 5.74) is 0.483. The van der Waals surface area contributed by atoms with E-state index in [9.17, 15) is 0 Å². The molecule has 0 bridgehead atoms. The Morgan fingerprint density at radius 2 is 2.25 bits per heavy atom. The molecule has 2 heterocycles. The second-order valence-corrected chi connectivity index (χ2v) is 4.26.